The van der Waals surface area contributed by atoms with Crippen LogP contribution in [-0.4, -0.2) is 30.3 Å². The third-order valence-corrected chi connectivity index (χ3v) is 4.55. The van der Waals surface area contributed by atoms with Gasteiger partial charge >= 0.3 is 0 Å². The summed E-state index contributed by atoms with van der Waals surface area (Å²) in [5.74, 6) is 1.07. The van der Waals surface area contributed by atoms with E-state index in [1.807, 2.05) is 12.1 Å². The molecule has 5 nitrogen and oxygen atoms in total. The molecule has 23 heavy (non-hydrogen) atoms. The maximum absolute atomic E-state index is 12.3. The van der Waals surface area contributed by atoms with Crippen LogP contribution in [0.25, 0.3) is 10.9 Å². The van der Waals surface area contributed by atoms with Crippen LogP contribution in [0.15, 0.2) is 12.1 Å². The number of ketones is 1. The van der Waals surface area contributed by atoms with Crippen molar-refractivity contribution in [2.75, 3.05) is 13.7 Å². The molecule has 0 unspecified atom stereocenters. The van der Waals surface area contributed by atoms with E-state index in [1.165, 1.54) is 5.56 Å². The van der Waals surface area contributed by atoms with Gasteiger partial charge in [-0.2, -0.15) is 0 Å². The highest BCUT2D eigenvalue weighted by Crippen LogP contribution is 2.39. The Hall–Kier alpha value is -2.30. The van der Waals surface area contributed by atoms with E-state index in [4.69, 9.17) is 4.74 Å². The third-order valence-electron chi connectivity index (χ3n) is 4.55. The first-order valence-corrected chi connectivity index (χ1v) is 8.04. The zero-order valence-electron chi connectivity index (χ0n) is 13.8. The largest absolute Gasteiger partial charge is 0.493 e. The van der Waals surface area contributed by atoms with E-state index >= 15 is 0 Å². The third kappa shape index (κ3) is 2.71. The van der Waals surface area contributed by atoms with Gasteiger partial charge < -0.3 is 19.8 Å². The molecule has 5 heteroatoms. The summed E-state index contributed by atoms with van der Waals surface area (Å²) in [6, 6.07) is 3.92. The first-order valence-electron chi connectivity index (χ1n) is 8.04. The minimum atomic E-state index is -0.126. The minimum Gasteiger partial charge on any atom is -0.493 e. The van der Waals surface area contributed by atoms with Crippen LogP contribution in [0.5, 0.6) is 5.75 Å². The van der Waals surface area contributed by atoms with Gasteiger partial charge in [-0.1, -0.05) is 6.92 Å². The summed E-state index contributed by atoms with van der Waals surface area (Å²) in [6.07, 6.45) is 2.10. The Bertz CT molecular complexity index is 776. The average Bonchev–Trinajstić information content (AvgIpc) is 3.14. The lowest BCUT2D eigenvalue weighted by atomic mass is 9.90. The molecule has 1 aromatic heterocycles. The fraction of sp³-hybridized carbons (Fsp3) is 0.444. The van der Waals surface area contributed by atoms with E-state index in [1.54, 1.807) is 14.0 Å². The lowest BCUT2D eigenvalue weighted by Crippen LogP contribution is -2.20. The highest BCUT2D eigenvalue weighted by Gasteiger charge is 2.26. The van der Waals surface area contributed by atoms with Crippen molar-refractivity contribution in [3.63, 3.8) is 0 Å². The number of Topliss-reactive ketones (excluding diaryl/α,β-unsaturated/α-hetero) is 1. The van der Waals surface area contributed by atoms with Gasteiger partial charge in [0, 0.05) is 36.4 Å². The van der Waals surface area contributed by atoms with Crippen LogP contribution < -0.4 is 10.1 Å². The topological polar surface area (TPSA) is 71.2 Å². The summed E-state index contributed by atoms with van der Waals surface area (Å²) < 4.78 is 5.67. The molecule has 1 atom stereocenters. The normalized spacial score (nSPS) is 14.4. The number of carbonyl (C=O) groups excluding carboxylic acids is 2. The lowest BCUT2D eigenvalue weighted by Gasteiger charge is -2.13. The summed E-state index contributed by atoms with van der Waals surface area (Å²) in [5, 5.41) is 3.79. The smallest absolute Gasteiger partial charge is 0.267 e. The molecule has 1 aliphatic heterocycles. The van der Waals surface area contributed by atoms with Crippen molar-refractivity contribution in [3.05, 3.63) is 29.0 Å². The highest BCUT2D eigenvalue weighted by atomic mass is 16.5. The fourth-order valence-electron chi connectivity index (χ4n) is 3.37. The molecule has 0 saturated heterocycles. The molecule has 1 amide bonds. The Kier molecular flexibility index (Phi) is 4.11. The number of rotatable bonds is 5. The Morgan fingerprint density at radius 1 is 1.39 bits per heavy atom. The maximum atomic E-state index is 12.3. The molecular formula is C18H22N2O3. The Labute approximate surface area is 135 Å². The quantitative estimate of drug-likeness (QED) is 0.891. The van der Waals surface area contributed by atoms with Crippen LogP contribution in [0.1, 0.15) is 54.2 Å². The number of ether oxygens (including phenoxy) is 1. The van der Waals surface area contributed by atoms with Gasteiger partial charge in [0.05, 0.1) is 6.61 Å². The number of H-pyrrole nitrogens is 1. The van der Waals surface area contributed by atoms with Gasteiger partial charge in [0.25, 0.3) is 5.91 Å². The van der Waals surface area contributed by atoms with E-state index in [0.29, 0.717) is 18.7 Å². The first-order chi connectivity index (χ1) is 11.0. The zero-order valence-corrected chi connectivity index (χ0v) is 13.8. The monoisotopic (exact) mass is 314 g/mol. The highest BCUT2D eigenvalue weighted by molar-refractivity contribution is 6.03. The van der Waals surface area contributed by atoms with E-state index in [0.717, 1.165) is 35.1 Å². The number of benzene rings is 1. The second-order valence-corrected chi connectivity index (χ2v) is 6.20. The van der Waals surface area contributed by atoms with Crippen molar-refractivity contribution >= 4 is 22.6 Å². The van der Waals surface area contributed by atoms with Gasteiger partial charge in [0.1, 0.15) is 17.2 Å². The Balaban J connectivity index is 2.16. The van der Waals surface area contributed by atoms with E-state index in [-0.39, 0.29) is 17.6 Å². The van der Waals surface area contributed by atoms with Crippen molar-refractivity contribution < 1.29 is 14.3 Å². The number of nitrogens with one attached hydrogen (secondary N) is 2. The van der Waals surface area contributed by atoms with Crippen molar-refractivity contribution in [2.24, 2.45) is 0 Å². The molecule has 2 N–H and O–H groups in total. The fourth-order valence-corrected chi connectivity index (χ4v) is 3.37. The van der Waals surface area contributed by atoms with Crippen molar-refractivity contribution in [3.8, 4) is 5.75 Å². The van der Waals surface area contributed by atoms with Crippen LogP contribution in [0.4, 0.5) is 0 Å². The van der Waals surface area contributed by atoms with Gasteiger partial charge in [0.2, 0.25) is 0 Å². The molecule has 122 valence electrons. The molecule has 0 spiro atoms. The zero-order chi connectivity index (χ0) is 16.6. The summed E-state index contributed by atoms with van der Waals surface area (Å²) in [6.45, 7) is 4.36. The summed E-state index contributed by atoms with van der Waals surface area (Å²) in [5.41, 5.74) is 3.72. The number of hydrogen-bond acceptors (Lipinski definition) is 3. The number of hydrogen-bond donors (Lipinski definition) is 2. The predicted octanol–water partition coefficient (Wildman–Crippen LogP) is 2.94. The molecule has 0 fully saturated rings. The molecular weight excluding hydrogens is 292 g/mol. The van der Waals surface area contributed by atoms with E-state index in [2.05, 4.69) is 17.2 Å². The van der Waals surface area contributed by atoms with Crippen LogP contribution in [0, 0.1) is 0 Å². The van der Waals surface area contributed by atoms with Crippen molar-refractivity contribution in [1.82, 2.24) is 10.3 Å². The first kappa shape index (κ1) is 15.6. The van der Waals surface area contributed by atoms with Gasteiger partial charge in [0.15, 0.2) is 0 Å². The number of aromatic amines is 1. The Morgan fingerprint density at radius 3 is 2.87 bits per heavy atom. The molecule has 0 aliphatic carbocycles. The van der Waals surface area contributed by atoms with Gasteiger partial charge in [-0.05, 0) is 37.0 Å². The molecule has 0 radical (unpaired) electrons. The lowest BCUT2D eigenvalue weighted by molar-refractivity contribution is -0.117. The molecule has 0 bridgehead atoms. The van der Waals surface area contributed by atoms with Crippen molar-refractivity contribution in [2.45, 2.75) is 39.0 Å². The number of amides is 1. The van der Waals surface area contributed by atoms with Crippen LogP contribution >= 0.6 is 0 Å². The predicted molar refractivity (Wildman–Crippen MR) is 89.2 cm³/mol. The maximum Gasteiger partial charge on any atom is 0.267 e. The van der Waals surface area contributed by atoms with Gasteiger partial charge in [-0.15, -0.1) is 0 Å². The van der Waals surface area contributed by atoms with E-state index in [9.17, 15) is 9.59 Å². The molecule has 2 heterocycles. The number of fused-ring (bicyclic) bond motifs is 3. The number of carbonyl (C=O) groups is 2. The van der Waals surface area contributed by atoms with Crippen LogP contribution in [-0.2, 0) is 11.2 Å². The molecule has 1 aliphatic rings. The van der Waals surface area contributed by atoms with Crippen LogP contribution in [0.3, 0.4) is 0 Å². The van der Waals surface area contributed by atoms with Gasteiger partial charge in [-0.3, -0.25) is 4.79 Å². The molecule has 2 aromatic rings. The standard InChI is InChI=1S/C18H22N2O3/c1-10(4-5-11(2)21)15-16-12-8-9-23-14(12)7-6-13(16)20-17(15)18(22)19-3/h6-7,10,20H,4-5,8-9H2,1-3H3,(H,19,22)/t10-/m1/s1. The minimum absolute atomic E-state index is 0.118. The second kappa shape index (κ2) is 6.07. The number of aromatic nitrogens is 1. The van der Waals surface area contributed by atoms with Crippen LogP contribution in [0.2, 0.25) is 0 Å². The second-order valence-electron chi connectivity index (χ2n) is 6.20. The molecule has 3 rings (SSSR count). The van der Waals surface area contributed by atoms with E-state index < -0.39 is 0 Å². The summed E-state index contributed by atoms with van der Waals surface area (Å²) >= 11 is 0. The molecule has 0 saturated carbocycles. The average molecular weight is 314 g/mol. The SMILES string of the molecule is CNC(=O)c1[nH]c2ccc3c(c2c1[C@H](C)CCC(C)=O)CCO3. The van der Waals surface area contributed by atoms with Gasteiger partial charge in [-0.25, -0.2) is 0 Å². The summed E-state index contributed by atoms with van der Waals surface area (Å²) in [7, 11) is 1.63. The molecule has 1 aromatic carbocycles. The van der Waals surface area contributed by atoms with Crippen molar-refractivity contribution in [1.29, 1.82) is 0 Å². The Morgan fingerprint density at radius 2 is 2.17 bits per heavy atom. The summed E-state index contributed by atoms with van der Waals surface area (Å²) in [4.78, 5) is 26.9.